The van der Waals surface area contributed by atoms with E-state index in [1.807, 2.05) is 0 Å². The molecule has 82 valence electrons. The summed E-state index contributed by atoms with van der Waals surface area (Å²) >= 11 is 0. The summed E-state index contributed by atoms with van der Waals surface area (Å²) in [4.78, 5) is 0. The summed E-state index contributed by atoms with van der Waals surface area (Å²) in [6.07, 6.45) is 1.97. The SMILES string of the molecule is CN(CC(N)=NO)S(=O)(=O)CC1CC1. The highest BCUT2D eigenvalue weighted by atomic mass is 32.2. The predicted molar refractivity (Wildman–Crippen MR) is 52.5 cm³/mol. The van der Waals surface area contributed by atoms with Gasteiger partial charge < -0.3 is 10.9 Å². The molecule has 7 heteroatoms. The number of sulfonamides is 1. The number of likely N-dealkylation sites (N-methyl/N-ethyl adjacent to an activating group) is 1. The van der Waals surface area contributed by atoms with Crippen LogP contribution in [-0.4, -0.2) is 43.1 Å². The van der Waals surface area contributed by atoms with E-state index in [2.05, 4.69) is 5.16 Å². The Balaban J connectivity index is 2.52. The fourth-order valence-corrected chi connectivity index (χ4v) is 2.58. The zero-order chi connectivity index (χ0) is 10.8. The van der Waals surface area contributed by atoms with E-state index in [-0.39, 0.29) is 18.1 Å². The first-order valence-electron chi connectivity index (χ1n) is 4.36. The molecule has 1 aliphatic rings. The van der Waals surface area contributed by atoms with Crippen molar-refractivity contribution in [2.75, 3.05) is 19.3 Å². The van der Waals surface area contributed by atoms with Gasteiger partial charge in [-0.1, -0.05) is 5.16 Å². The Hall–Kier alpha value is -0.820. The van der Waals surface area contributed by atoms with Crippen molar-refractivity contribution in [1.82, 2.24) is 4.31 Å². The van der Waals surface area contributed by atoms with E-state index in [9.17, 15) is 8.42 Å². The van der Waals surface area contributed by atoms with Crippen molar-refractivity contribution in [3.8, 4) is 0 Å². The Kier molecular flexibility index (Phi) is 3.33. The third kappa shape index (κ3) is 3.15. The molecule has 0 unspecified atom stereocenters. The lowest BCUT2D eigenvalue weighted by Gasteiger charge is -2.15. The summed E-state index contributed by atoms with van der Waals surface area (Å²) in [5.74, 6) is 0.365. The van der Waals surface area contributed by atoms with Gasteiger partial charge in [-0.15, -0.1) is 0 Å². The number of nitrogens with two attached hydrogens (primary N) is 1. The maximum absolute atomic E-state index is 11.6. The standard InChI is InChI=1S/C7H15N3O3S/c1-10(4-7(8)9-11)14(12,13)5-6-2-3-6/h6,11H,2-5H2,1H3,(H2,8,9). The van der Waals surface area contributed by atoms with Gasteiger partial charge in [0, 0.05) is 7.05 Å². The first kappa shape index (κ1) is 11.3. The molecule has 0 aromatic rings. The van der Waals surface area contributed by atoms with Crippen LogP contribution in [0.15, 0.2) is 5.16 Å². The molecule has 14 heavy (non-hydrogen) atoms. The molecule has 3 N–H and O–H groups in total. The molecule has 0 atom stereocenters. The Morgan fingerprint density at radius 3 is 2.64 bits per heavy atom. The van der Waals surface area contributed by atoms with Crippen LogP contribution in [0.1, 0.15) is 12.8 Å². The Bertz CT molecular complexity index is 321. The Labute approximate surface area is 83.4 Å². The molecule has 0 aromatic carbocycles. The van der Waals surface area contributed by atoms with Crippen molar-refractivity contribution >= 4 is 15.9 Å². The average molecular weight is 221 g/mol. The van der Waals surface area contributed by atoms with E-state index < -0.39 is 10.0 Å². The summed E-state index contributed by atoms with van der Waals surface area (Å²) in [6.45, 7) is -0.0639. The van der Waals surface area contributed by atoms with Gasteiger partial charge in [0.15, 0.2) is 5.84 Å². The molecule has 0 bridgehead atoms. The van der Waals surface area contributed by atoms with E-state index in [1.54, 1.807) is 0 Å². The number of amidine groups is 1. The fraction of sp³-hybridized carbons (Fsp3) is 0.857. The van der Waals surface area contributed by atoms with Crippen LogP contribution >= 0.6 is 0 Å². The maximum atomic E-state index is 11.6. The van der Waals surface area contributed by atoms with Gasteiger partial charge in [0.2, 0.25) is 10.0 Å². The number of oxime groups is 1. The van der Waals surface area contributed by atoms with Crippen LogP contribution in [0.4, 0.5) is 0 Å². The van der Waals surface area contributed by atoms with Gasteiger partial charge in [-0.2, -0.15) is 4.31 Å². The minimum absolute atomic E-state index is 0.0639. The molecule has 1 fully saturated rings. The zero-order valence-electron chi connectivity index (χ0n) is 8.05. The van der Waals surface area contributed by atoms with Crippen LogP contribution in [0.5, 0.6) is 0 Å². The smallest absolute Gasteiger partial charge is 0.214 e. The van der Waals surface area contributed by atoms with E-state index >= 15 is 0 Å². The van der Waals surface area contributed by atoms with Crippen LogP contribution in [0, 0.1) is 5.92 Å². The first-order chi connectivity index (χ1) is 6.45. The van der Waals surface area contributed by atoms with E-state index in [0.29, 0.717) is 5.92 Å². The normalized spacial score (nSPS) is 18.9. The van der Waals surface area contributed by atoms with Gasteiger partial charge in [-0.05, 0) is 18.8 Å². The second-order valence-corrected chi connectivity index (χ2v) is 5.69. The lowest BCUT2D eigenvalue weighted by atomic mass is 10.5. The molecule has 0 spiro atoms. The molecule has 0 aliphatic heterocycles. The van der Waals surface area contributed by atoms with Crippen LogP contribution in [0.25, 0.3) is 0 Å². The molecule has 0 radical (unpaired) electrons. The second kappa shape index (κ2) is 4.14. The third-order valence-corrected chi connectivity index (χ3v) is 4.10. The quantitative estimate of drug-likeness (QED) is 0.280. The second-order valence-electron chi connectivity index (χ2n) is 3.57. The van der Waals surface area contributed by atoms with Crippen molar-refractivity contribution in [3.05, 3.63) is 0 Å². The number of nitrogens with zero attached hydrogens (tertiary/aromatic N) is 2. The molecular formula is C7H15N3O3S. The van der Waals surface area contributed by atoms with Gasteiger partial charge in [0.1, 0.15) is 0 Å². The predicted octanol–water partition coefficient (Wildman–Crippen LogP) is -0.596. The van der Waals surface area contributed by atoms with E-state index in [1.165, 1.54) is 7.05 Å². The van der Waals surface area contributed by atoms with Crippen molar-refractivity contribution in [2.45, 2.75) is 12.8 Å². The van der Waals surface area contributed by atoms with Gasteiger partial charge in [0.25, 0.3) is 0 Å². The maximum Gasteiger partial charge on any atom is 0.214 e. The number of rotatable bonds is 5. The summed E-state index contributed by atoms with van der Waals surface area (Å²) in [5, 5.41) is 11.0. The number of hydrogen-bond donors (Lipinski definition) is 2. The lowest BCUT2D eigenvalue weighted by Crippen LogP contribution is -2.37. The Morgan fingerprint density at radius 1 is 1.64 bits per heavy atom. The summed E-state index contributed by atoms with van der Waals surface area (Å²) in [5.41, 5.74) is 5.21. The van der Waals surface area contributed by atoms with Crippen molar-refractivity contribution in [3.63, 3.8) is 0 Å². The van der Waals surface area contributed by atoms with Gasteiger partial charge >= 0.3 is 0 Å². The van der Waals surface area contributed by atoms with Crippen LogP contribution in [0.3, 0.4) is 0 Å². The summed E-state index contributed by atoms with van der Waals surface area (Å²) < 4.78 is 24.2. The minimum Gasteiger partial charge on any atom is -0.409 e. The van der Waals surface area contributed by atoms with Crippen LogP contribution in [-0.2, 0) is 10.0 Å². The fourth-order valence-electron chi connectivity index (χ4n) is 1.07. The Morgan fingerprint density at radius 2 is 2.21 bits per heavy atom. The van der Waals surface area contributed by atoms with Crippen molar-refractivity contribution < 1.29 is 13.6 Å². The van der Waals surface area contributed by atoms with Crippen LogP contribution in [0.2, 0.25) is 0 Å². The zero-order valence-corrected chi connectivity index (χ0v) is 8.87. The minimum atomic E-state index is -3.24. The van der Waals surface area contributed by atoms with Gasteiger partial charge in [0.05, 0.1) is 12.3 Å². The highest BCUT2D eigenvalue weighted by Crippen LogP contribution is 2.30. The van der Waals surface area contributed by atoms with Crippen LogP contribution < -0.4 is 5.73 Å². The highest BCUT2D eigenvalue weighted by Gasteiger charge is 2.30. The highest BCUT2D eigenvalue weighted by molar-refractivity contribution is 7.89. The molecule has 0 aromatic heterocycles. The van der Waals surface area contributed by atoms with E-state index in [4.69, 9.17) is 10.9 Å². The molecular weight excluding hydrogens is 206 g/mol. The monoisotopic (exact) mass is 221 g/mol. The summed E-state index contributed by atoms with van der Waals surface area (Å²) in [6, 6.07) is 0. The molecule has 0 saturated heterocycles. The molecule has 1 rings (SSSR count). The third-order valence-electron chi connectivity index (χ3n) is 2.13. The average Bonchev–Trinajstić information content (AvgIpc) is 2.87. The van der Waals surface area contributed by atoms with Crippen molar-refractivity contribution in [2.24, 2.45) is 16.8 Å². The molecule has 1 saturated carbocycles. The molecule has 1 aliphatic carbocycles. The first-order valence-corrected chi connectivity index (χ1v) is 5.97. The summed E-state index contributed by atoms with van der Waals surface area (Å²) in [7, 11) is -1.81. The van der Waals surface area contributed by atoms with Gasteiger partial charge in [-0.3, -0.25) is 0 Å². The largest absolute Gasteiger partial charge is 0.409 e. The van der Waals surface area contributed by atoms with Crippen molar-refractivity contribution in [1.29, 1.82) is 0 Å². The topological polar surface area (TPSA) is 96.0 Å². The molecule has 0 heterocycles. The lowest BCUT2D eigenvalue weighted by molar-refractivity contribution is 0.315. The molecule has 0 amide bonds. The van der Waals surface area contributed by atoms with Gasteiger partial charge in [-0.25, -0.2) is 8.42 Å². The van der Waals surface area contributed by atoms with E-state index in [0.717, 1.165) is 17.1 Å². The molecule has 6 nitrogen and oxygen atoms in total. The number of hydrogen-bond acceptors (Lipinski definition) is 4.